The molecule has 0 N–H and O–H groups in total. The highest BCUT2D eigenvalue weighted by Gasteiger charge is 2.47. The summed E-state index contributed by atoms with van der Waals surface area (Å²) in [5.41, 5.74) is 5.81. The molecule has 3 atom stereocenters. The van der Waals surface area contributed by atoms with Crippen LogP contribution < -0.4 is 0 Å². The van der Waals surface area contributed by atoms with Crippen LogP contribution in [-0.2, 0) is 22.3 Å². The molecule has 1 aliphatic carbocycles. The van der Waals surface area contributed by atoms with E-state index in [1.54, 1.807) is 0 Å². The second-order valence-corrected chi connectivity index (χ2v) is 6.71. The van der Waals surface area contributed by atoms with E-state index in [-0.39, 0.29) is 12.2 Å². The zero-order chi connectivity index (χ0) is 14.5. The second kappa shape index (κ2) is 4.94. The van der Waals surface area contributed by atoms with Gasteiger partial charge in [-0.2, -0.15) is 0 Å². The van der Waals surface area contributed by atoms with E-state index in [1.165, 1.54) is 22.3 Å². The lowest BCUT2D eigenvalue weighted by atomic mass is 9.78. The third-order valence-electron chi connectivity index (χ3n) is 5.48. The van der Waals surface area contributed by atoms with Crippen molar-refractivity contribution < 1.29 is 9.47 Å². The number of fused-ring (bicyclic) bond motifs is 4. The van der Waals surface area contributed by atoms with E-state index in [1.807, 2.05) is 0 Å². The van der Waals surface area contributed by atoms with Gasteiger partial charge in [0.05, 0.1) is 24.9 Å². The second-order valence-electron chi connectivity index (χ2n) is 6.71. The number of rotatable bonds is 1. The summed E-state index contributed by atoms with van der Waals surface area (Å²) in [5.74, 6) is 0.307. The van der Waals surface area contributed by atoms with Crippen LogP contribution in [0, 0.1) is 0 Å². The molecule has 0 aromatic heterocycles. The lowest BCUT2D eigenvalue weighted by molar-refractivity contribution is -0.261. The number of benzene rings is 2. The van der Waals surface area contributed by atoms with Crippen LogP contribution >= 0.6 is 0 Å². The molecule has 6 rings (SSSR count). The summed E-state index contributed by atoms with van der Waals surface area (Å²) in [6.45, 7) is 0.752. The molecular weight excluding hydrogens is 272 g/mol. The Morgan fingerprint density at radius 1 is 0.818 bits per heavy atom. The van der Waals surface area contributed by atoms with Crippen LogP contribution in [0.3, 0.4) is 0 Å². The molecule has 0 radical (unpaired) electrons. The fourth-order valence-electron chi connectivity index (χ4n) is 4.37. The Morgan fingerprint density at radius 2 is 1.41 bits per heavy atom. The quantitative estimate of drug-likeness (QED) is 0.801. The van der Waals surface area contributed by atoms with Crippen molar-refractivity contribution in [2.45, 2.75) is 43.5 Å². The average Bonchev–Trinajstić information content (AvgIpc) is 2.71. The summed E-state index contributed by atoms with van der Waals surface area (Å²) >= 11 is 0. The van der Waals surface area contributed by atoms with Gasteiger partial charge in [0.15, 0.2) is 0 Å². The highest BCUT2D eigenvalue weighted by Crippen LogP contribution is 2.44. The summed E-state index contributed by atoms with van der Waals surface area (Å²) in [7, 11) is 0. The van der Waals surface area contributed by atoms with Crippen LogP contribution in [0.1, 0.15) is 34.6 Å². The van der Waals surface area contributed by atoms with Gasteiger partial charge in [-0.1, -0.05) is 48.5 Å². The predicted octanol–water partition coefficient (Wildman–Crippen LogP) is 3.47. The molecule has 2 aromatic rings. The van der Waals surface area contributed by atoms with Crippen LogP contribution in [0.25, 0.3) is 0 Å². The SMILES string of the molecule is c1ccc2c(c1)CCc1ccccc1C2C1OCC2CC1O2. The van der Waals surface area contributed by atoms with Gasteiger partial charge in [-0.15, -0.1) is 0 Å². The van der Waals surface area contributed by atoms with Gasteiger partial charge in [-0.3, -0.25) is 0 Å². The molecule has 0 amide bonds. The molecule has 22 heavy (non-hydrogen) atoms. The molecule has 3 heterocycles. The van der Waals surface area contributed by atoms with Gasteiger partial charge < -0.3 is 9.47 Å². The largest absolute Gasteiger partial charge is 0.372 e. The minimum Gasteiger partial charge on any atom is -0.372 e. The Balaban J connectivity index is 1.67. The topological polar surface area (TPSA) is 18.5 Å². The van der Waals surface area contributed by atoms with Crippen molar-refractivity contribution >= 4 is 0 Å². The first-order valence-electron chi connectivity index (χ1n) is 8.33. The Bertz CT molecular complexity index is 652. The highest BCUT2D eigenvalue weighted by molar-refractivity contribution is 5.46. The summed E-state index contributed by atoms with van der Waals surface area (Å²) in [4.78, 5) is 0. The normalized spacial score (nSPS) is 29.9. The molecule has 0 saturated carbocycles. The lowest BCUT2D eigenvalue weighted by Crippen LogP contribution is -2.56. The van der Waals surface area contributed by atoms with Gasteiger partial charge in [0.2, 0.25) is 0 Å². The maximum atomic E-state index is 6.22. The molecule has 3 saturated heterocycles. The van der Waals surface area contributed by atoms with Gasteiger partial charge in [0, 0.05) is 12.3 Å². The van der Waals surface area contributed by atoms with Gasteiger partial charge in [-0.25, -0.2) is 0 Å². The molecule has 4 aliphatic rings. The Morgan fingerprint density at radius 3 is 1.95 bits per heavy atom. The van der Waals surface area contributed by atoms with Crippen molar-refractivity contribution in [3.8, 4) is 0 Å². The van der Waals surface area contributed by atoms with E-state index in [2.05, 4.69) is 48.5 Å². The molecule has 2 nitrogen and oxygen atoms in total. The minimum absolute atomic E-state index is 0.158. The molecule has 0 spiro atoms. The zero-order valence-electron chi connectivity index (χ0n) is 12.6. The summed E-state index contributed by atoms with van der Waals surface area (Å²) in [6.07, 6.45) is 4.16. The summed E-state index contributed by atoms with van der Waals surface area (Å²) in [5, 5.41) is 0. The van der Waals surface area contributed by atoms with Crippen LogP contribution in [0.4, 0.5) is 0 Å². The van der Waals surface area contributed by atoms with Gasteiger partial charge in [0.25, 0.3) is 0 Å². The predicted molar refractivity (Wildman–Crippen MR) is 85.2 cm³/mol. The van der Waals surface area contributed by atoms with E-state index >= 15 is 0 Å². The van der Waals surface area contributed by atoms with E-state index in [9.17, 15) is 0 Å². The smallest absolute Gasteiger partial charge is 0.0948 e. The fourth-order valence-corrected chi connectivity index (χ4v) is 4.37. The van der Waals surface area contributed by atoms with Crippen molar-refractivity contribution in [1.82, 2.24) is 0 Å². The van der Waals surface area contributed by atoms with E-state index in [0.717, 1.165) is 25.9 Å². The van der Waals surface area contributed by atoms with Gasteiger partial charge in [0.1, 0.15) is 0 Å². The third kappa shape index (κ3) is 1.87. The molecule has 2 bridgehead atoms. The third-order valence-corrected chi connectivity index (χ3v) is 5.48. The summed E-state index contributed by atoms with van der Waals surface area (Å²) in [6, 6.07) is 17.8. The van der Waals surface area contributed by atoms with Gasteiger partial charge >= 0.3 is 0 Å². The molecule has 2 heteroatoms. The number of ether oxygens (including phenoxy) is 2. The van der Waals surface area contributed by atoms with Crippen molar-refractivity contribution in [3.05, 3.63) is 70.8 Å². The molecule has 3 fully saturated rings. The van der Waals surface area contributed by atoms with E-state index in [0.29, 0.717) is 12.0 Å². The standard InChI is InChI=1S/C20H20O2/c1-3-7-16-13(5-1)9-10-14-6-2-4-8-17(14)19(16)20-18-11-15(22-18)12-21-20/h1-8,15,18-20H,9-12H2. The summed E-state index contributed by atoms with van der Waals surface area (Å²) < 4.78 is 12.2. The Hall–Kier alpha value is -1.64. The van der Waals surface area contributed by atoms with Gasteiger partial charge in [-0.05, 0) is 35.1 Å². The molecule has 112 valence electrons. The minimum atomic E-state index is 0.158. The Kier molecular flexibility index (Phi) is 2.89. The molecule has 3 unspecified atom stereocenters. The first-order chi connectivity index (χ1) is 10.9. The first-order valence-corrected chi connectivity index (χ1v) is 8.33. The number of hydrogen-bond acceptors (Lipinski definition) is 2. The van der Waals surface area contributed by atoms with Crippen molar-refractivity contribution in [3.63, 3.8) is 0 Å². The molecular formula is C20H20O2. The zero-order valence-corrected chi connectivity index (χ0v) is 12.6. The van der Waals surface area contributed by atoms with Crippen LogP contribution in [0.15, 0.2) is 48.5 Å². The monoisotopic (exact) mass is 292 g/mol. The molecule has 3 aliphatic heterocycles. The first kappa shape index (κ1) is 12.9. The van der Waals surface area contributed by atoms with Crippen LogP contribution in [0.5, 0.6) is 0 Å². The number of aryl methyl sites for hydroxylation is 2. The van der Waals surface area contributed by atoms with Crippen molar-refractivity contribution in [2.75, 3.05) is 6.61 Å². The van der Waals surface area contributed by atoms with E-state index < -0.39 is 0 Å². The lowest BCUT2D eigenvalue weighted by Gasteiger charge is -2.49. The van der Waals surface area contributed by atoms with Crippen molar-refractivity contribution in [1.29, 1.82) is 0 Å². The maximum absolute atomic E-state index is 6.22. The molecule has 2 aromatic carbocycles. The highest BCUT2D eigenvalue weighted by atomic mass is 16.6. The van der Waals surface area contributed by atoms with Crippen molar-refractivity contribution in [2.24, 2.45) is 0 Å². The Labute approximate surface area is 131 Å². The number of hydrogen-bond donors (Lipinski definition) is 0. The maximum Gasteiger partial charge on any atom is 0.0948 e. The van der Waals surface area contributed by atoms with Crippen LogP contribution in [0.2, 0.25) is 0 Å². The van der Waals surface area contributed by atoms with Crippen LogP contribution in [-0.4, -0.2) is 24.9 Å². The van der Waals surface area contributed by atoms with E-state index in [4.69, 9.17) is 9.47 Å². The fraction of sp³-hybridized carbons (Fsp3) is 0.400. The average molecular weight is 292 g/mol.